The van der Waals surface area contributed by atoms with E-state index in [0.29, 0.717) is 0 Å². The Kier molecular flexibility index (Phi) is 6.12. The van der Waals surface area contributed by atoms with Gasteiger partial charge in [0.1, 0.15) is 0 Å². The van der Waals surface area contributed by atoms with Gasteiger partial charge in [0, 0.05) is 0 Å². The van der Waals surface area contributed by atoms with Gasteiger partial charge in [-0.15, -0.1) is 0 Å². The maximum atomic E-state index is 3.98. The number of rotatable bonds is 1. The summed E-state index contributed by atoms with van der Waals surface area (Å²) >= 11 is 0. The summed E-state index contributed by atoms with van der Waals surface area (Å²) in [4.78, 5) is 0. The molecule has 0 aliphatic heterocycles. The van der Waals surface area contributed by atoms with Crippen molar-refractivity contribution in [2.75, 3.05) is 0 Å². The second-order valence-corrected chi connectivity index (χ2v) is 3.31. The molecule has 0 nitrogen and oxygen atoms in total. The fraction of sp³-hybridized carbons (Fsp3) is 0.0769. The van der Waals surface area contributed by atoms with Gasteiger partial charge in [-0.3, -0.25) is 0 Å². The Labute approximate surface area is 118 Å². The van der Waals surface area contributed by atoms with Crippen molar-refractivity contribution in [2.24, 2.45) is 0 Å². The van der Waals surface area contributed by atoms with Crippen LogP contribution in [-0.4, -0.2) is 0 Å². The van der Waals surface area contributed by atoms with E-state index in [0.717, 1.165) is 5.57 Å². The van der Waals surface area contributed by atoms with E-state index < -0.39 is 0 Å². The fourth-order valence-electron chi connectivity index (χ4n) is 1.60. The van der Waals surface area contributed by atoms with Crippen LogP contribution in [0.1, 0.15) is 15.3 Å². The summed E-state index contributed by atoms with van der Waals surface area (Å²) in [5, 5.41) is 2.57. The van der Waals surface area contributed by atoms with E-state index in [9.17, 15) is 0 Å². The summed E-state index contributed by atoms with van der Waals surface area (Å²) in [5.74, 6) is 0. The Hall–Kier alpha value is -0.365. The average molecular weight is 184 g/mol. The van der Waals surface area contributed by atoms with Crippen LogP contribution in [0, 0.1) is 0 Å². The van der Waals surface area contributed by atoms with Gasteiger partial charge in [0.25, 0.3) is 0 Å². The van der Waals surface area contributed by atoms with E-state index in [4.69, 9.17) is 0 Å². The molecule has 0 spiro atoms. The van der Waals surface area contributed by atoms with Crippen molar-refractivity contribution >= 4 is 16.3 Å². The van der Waals surface area contributed by atoms with Crippen molar-refractivity contribution in [3.8, 4) is 0 Å². The predicted molar refractivity (Wildman–Crippen MR) is 60.9 cm³/mol. The van der Waals surface area contributed by atoms with Gasteiger partial charge in [0.05, 0.1) is 0 Å². The third kappa shape index (κ3) is 3.04. The molecule has 2 rings (SSSR count). The van der Waals surface area contributed by atoms with Crippen LogP contribution >= 0.6 is 0 Å². The minimum absolute atomic E-state index is 0. The summed E-state index contributed by atoms with van der Waals surface area (Å²) in [6.45, 7) is 6.02. The van der Waals surface area contributed by atoms with Gasteiger partial charge in [0.2, 0.25) is 0 Å². The summed E-state index contributed by atoms with van der Waals surface area (Å²) in [6.07, 6.45) is 0. The Balaban J connectivity index is -0.000000490. The van der Waals surface area contributed by atoms with Gasteiger partial charge in [-0.25, -0.2) is 0 Å². The van der Waals surface area contributed by atoms with Crippen LogP contribution in [0.4, 0.5) is 0 Å². The first-order chi connectivity index (χ1) is 6.29. The first kappa shape index (κ1) is 14.6. The molecule has 0 bridgehead atoms. The molecule has 0 unspecified atom stereocenters. The number of hydrogen-bond acceptors (Lipinski definition) is 0. The molecule has 0 radical (unpaired) electrons. The van der Waals surface area contributed by atoms with Crippen LogP contribution in [0.25, 0.3) is 16.3 Å². The van der Waals surface area contributed by atoms with E-state index in [1.807, 2.05) is 6.92 Å². The zero-order valence-electron chi connectivity index (χ0n) is 11.7. The maximum absolute atomic E-state index is 3.98. The summed E-state index contributed by atoms with van der Waals surface area (Å²) in [7, 11) is 0. The molecule has 0 atom stereocenters. The molecule has 15 heavy (non-hydrogen) atoms. The quantitative estimate of drug-likeness (QED) is 0.454. The zero-order chi connectivity index (χ0) is 9.26. The molecule has 0 heterocycles. The van der Waals surface area contributed by atoms with Crippen molar-refractivity contribution in [3.63, 3.8) is 0 Å². The zero-order valence-corrected chi connectivity index (χ0v) is 9.75. The van der Waals surface area contributed by atoms with Crippen LogP contribution < -0.4 is 37.7 Å². The Morgan fingerprint density at radius 3 is 2.27 bits per heavy atom. The maximum Gasteiger partial charge on any atom is 1.00 e. The average Bonchev–Trinajstić information content (AvgIpc) is 2.17. The van der Waals surface area contributed by atoms with Crippen LogP contribution in [0.3, 0.4) is 0 Å². The largest absolute Gasteiger partial charge is 1.00 e. The third-order valence-electron chi connectivity index (χ3n) is 2.25. The topological polar surface area (TPSA) is 0 Å². The minimum atomic E-state index is 0. The molecule has 0 amide bonds. The van der Waals surface area contributed by atoms with Gasteiger partial charge < -0.3 is 2.85 Å². The fourth-order valence-corrected chi connectivity index (χ4v) is 1.60. The Morgan fingerprint density at radius 2 is 1.60 bits per heavy atom. The molecule has 68 valence electrons. The SMILES string of the molecule is C=C(C)c1cccc2ccccc12.[H-].[H-].[Li+].[Li+]. The minimum Gasteiger partial charge on any atom is -1.00 e. The van der Waals surface area contributed by atoms with Gasteiger partial charge in [-0.1, -0.05) is 54.6 Å². The third-order valence-corrected chi connectivity index (χ3v) is 2.25. The molecule has 0 aromatic heterocycles. The first-order valence-electron chi connectivity index (χ1n) is 4.42. The number of allylic oxidation sites excluding steroid dienone is 1. The predicted octanol–water partition coefficient (Wildman–Crippen LogP) is -1.89. The van der Waals surface area contributed by atoms with Crippen LogP contribution in [-0.2, 0) is 0 Å². The Bertz CT molecular complexity index is 464. The number of hydrogen-bond donors (Lipinski definition) is 0. The van der Waals surface area contributed by atoms with Crippen LogP contribution in [0.5, 0.6) is 0 Å². The smallest absolute Gasteiger partial charge is 1.00 e. The van der Waals surface area contributed by atoms with Crippen molar-refractivity contribution < 1.29 is 40.6 Å². The molecular weight excluding hydrogens is 170 g/mol. The molecule has 0 saturated heterocycles. The monoisotopic (exact) mass is 184 g/mol. The molecule has 0 aliphatic carbocycles. The summed E-state index contributed by atoms with van der Waals surface area (Å²) in [5.41, 5.74) is 2.37. The molecule has 2 aromatic carbocycles. The van der Waals surface area contributed by atoms with Crippen molar-refractivity contribution in [2.45, 2.75) is 6.92 Å². The normalized spacial score (nSPS) is 8.87. The standard InChI is InChI=1S/C13H12.2Li.2H/c1-10(2)12-9-5-7-11-6-3-4-8-13(11)12;;;;/h3-9H,1H2,2H3;;;;/q;2*+1;2*-1. The molecule has 0 N–H and O–H groups in total. The second-order valence-electron chi connectivity index (χ2n) is 3.31. The molecular formula is C13H14Li2. The molecule has 2 heteroatoms. The van der Waals surface area contributed by atoms with E-state index >= 15 is 0 Å². The van der Waals surface area contributed by atoms with E-state index in [1.165, 1.54) is 16.3 Å². The van der Waals surface area contributed by atoms with Gasteiger partial charge >= 0.3 is 37.7 Å². The van der Waals surface area contributed by atoms with Gasteiger partial charge in [-0.2, -0.15) is 0 Å². The van der Waals surface area contributed by atoms with E-state index in [1.54, 1.807) is 0 Å². The van der Waals surface area contributed by atoms with E-state index in [2.05, 4.69) is 49.0 Å². The molecule has 0 aliphatic rings. The number of benzene rings is 2. The van der Waals surface area contributed by atoms with E-state index in [-0.39, 0.29) is 40.6 Å². The summed E-state index contributed by atoms with van der Waals surface area (Å²) in [6, 6.07) is 14.7. The number of fused-ring (bicyclic) bond motifs is 1. The van der Waals surface area contributed by atoms with Crippen molar-refractivity contribution in [1.29, 1.82) is 0 Å². The molecule has 0 saturated carbocycles. The van der Waals surface area contributed by atoms with Gasteiger partial charge in [-0.05, 0) is 23.3 Å². The first-order valence-corrected chi connectivity index (χ1v) is 4.42. The van der Waals surface area contributed by atoms with Crippen molar-refractivity contribution in [3.05, 3.63) is 54.6 Å². The van der Waals surface area contributed by atoms with Crippen LogP contribution in [0.15, 0.2) is 49.0 Å². The van der Waals surface area contributed by atoms with Crippen LogP contribution in [0.2, 0.25) is 0 Å². The summed E-state index contributed by atoms with van der Waals surface area (Å²) < 4.78 is 0. The van der Waals surface area contributed by atoms with Crippen molar-refractivity contribution in [1.82, 2.24) is 0 Å². The molecule has 2 aromatic rings. The molecule has 0 fully saturated rings. The second kappa shape index (κ2) is 6.27. The Morgan fingerprint density at radius 1 is 1.00 bits per heavy atom. The van der Waals surface area contributed by atoms with Gasteiger partial charge in [0.15, 0.2) is 0 Å².